The molecule has 0 saturated carbocycles. The molecule has 0 unspecified atom stereocenters. The first-order chi connectivity index (χ1) is 8.67. The molecule has 1 aromatic carbocycles. The van der Waals surface area contributed by atoms with Gasteiger partial charge in [0.2, 0.25) is 0 Å². The third kappa shape index (κ3) is 4.60. The number of carbonyl (C=O) groups excluding carboxylic acids is 1. The fourth-order valence-corrected chi connectivity index (χ4v) is 1.55. The van der Waals surface area contributed by atoms with E-state index in [4.69, 9.17) is 14.7 Å². The maximum Gasteiger partial charge on any atom is 0.330 e. The summed E-state index contributed by atoms with van der Waals surface area (Å²) in [5.74, 6) is 0.0756. The van der Waals surface area contributed by atoms with Crippen molar-refractivity contribution in [2.45, 2.75) is 6.92 Å². The van der Waals surface area contributed by atoms with E-state index < -0.39 is 5.97 Å². The van der Waals surface area contributed by atoms with Gasteiger partial charge >= 0.3 is 5.97 Å². The fourth-order valence-electron chi connectivity index (χ4n) is 1.19. The van der Waals surface area contributed by atoms with Crippen LogP contribution in [0, 0.1) is 11.3 Å². The standard InChI is InChI=1S/C13H12BrNO3/c1-2-17-13(16)4-3-7-18-12-6-5-11(14)8-10(12)9-15/h3-6,8H,2,7H2,1H3/b4-3+. The predicted octanol–water partition coefficient (Wildman–Crippen LogP) is 2.82. The van der Waals surface area contributed by atoms with Gasteiger partial charge in [-0.1, -0.05) is 15.9 Å². The average Bonchev–Trinajstić information content (AvgIpc) is 2.36. The number of nitriles is 1. The van der Waals surface area contributed by atoms with Crippen LogP contribution in [0.2, 0.25) is 0 Å². The van der Waals surface area contributed by atoms with E-state index in [9.17, 15) is 4.79 Å². The van der Waals surface area contributed by atoms with E-state index in [1.165, 1.54) is 6.08 Å². The lowest BCUT2D eigenvalue weighted by Gasteiger charge is -2.05. The van der Waals surface area contributed by atoms with E-state index in [1.807, 2.05) is 6.07 Å². The first-order valence-electron chi connectivity index (χ1n) is 5.33. The molecule has 0 saturated heterocycles. The number of halogens is 1. The van der Waals surface area contributed by atoms with Gasteiger partial charge in [-0.15, -0.1) is 0 Å². The number of esters is 1. The zero-order valence-corrected chi connectivity index (χ0v) is 11.4. The zero-order valence-electron chi connectivity index (χ0n) is 9.85. The van der Waals surface area contributed by atoms with Crippen molar-refractivity contribution in [1.82, 2.24) is 0 Å². The van der Waals surface area contributed by atoms with Crippen LogP contribution in [-0.2, 0) is 9.53 Å². The van der Waals surface area contributed by atoms with Crippen molar-refractivity contribution in [1.29, 1.82) is 5.26 Å². The Morgan fingerprint density at radius 1 is 1.56 bits per heavy atom. The van der Waals surface area contributed by atoms with Crippen molar-refractivity contribution >= 4 is 21.9 Å². The maximum absolute atomic E-state index is 11.0. The van der Waals surface area contributed by atoms with E-state index in [0.29, 0.717) is 17.9 Å². The molecule has 0 bridgehead atoms. The Morgan fingerprint density at radius 3 is 3.00 bits per heavy atom. The quantitative estimate of drug-likeness (QED) is 0.620. The maximum atomic E-state index is 11.0. The molecule has 4 nitrogen and oxygen atoms in total. The van der Waals surface area contributed by atoms with Gasteiger partial charge < -0.3 is 9.47 Å². The zero-order chi connectivity index (χ0) is 13.4. The summed E-state index contributed by atoms with van der Waals surface area (Å²) in [7, 11) is 0. The molecule has 94 valence electrons. The van der Waals surface area contributed by atoms with Crippen LogP contribution < -0.4 is 4.74 Å². The number of carbonyl (C=O) groups is 1. The molecule has 1 rings (SSSR count). The number of benzene rings is 1. The normalized spacial score (nSPS) is 10.1. The minimum Gasteiger partial charge on any atom is -0.488 e. The molecular weight excluding hydrogens is 298 g/mol. The van der Waals surface area contributed by atoms with Crippen LogP contribution in [0.1, 0.15) is 12.5 Å². The van der Waals surface area contributed by atoms with Crippen LogP contribution in [0.5, 0.6) is 5.75 Å². The first kappa shape index (κ1) is 14.3. The Labute approximate surface area is 114 Å². The minimum atomic E-state index is -0.405. The molecule has 0 fully saturated rings. The fraction of sp³-hybridized carbons (Fsp3) is 0.231. The van der Waals surface area contributed by atoms with Crippen molar-refractivity contribution in [2.75, 3.05) is 13.2 Å². The molecule has 0 aliphatic carbocycles. The Morgan fingerprint density at radius 2 is 2.33 bits per heavy atom. The second-order valence-electron chi connectivity index (χ2n) is 3.22. The van der Waals surface area contributed by atoms with Crippen molar-refractivity contribution < 1.29 is 14.3 Å². The highest BCUT2D eigenvalue weighted by Crippen LogP contribution is 2.22. The molecule has 0 aliphatic rings. The van der Waals surface area contributed by atoms with Gasteiger partial charge in [0.25, 0.3) is 0 Å². The summed E-state index contributed by atoms with van der Waals surface area (Å²) in [6, 6.07) is 7.18. The van der Waals surface area contributed by atoms with Gasteiger partial charge in [0.05, 0.1) is 12.2 Å². The number of hydrogen-bond donors (Lipinski definition) is 0. The lowest BCUT2D eigenvalue weighted by molar-refractivity contribution is -0.137. The van der Waals surface area contributed by atoms with Crippen LogP contribution in [0.25, 0.3) is 0 Å². The highest BCUT2D eigenvalue weighted by molar-refractivity contribution is 9.10. The predicted molar refractivity (Wildman–Crippen MR) is 70.1 cm³/mol. The van der Waals surface area contributed by atoms with Gasteiger partial charge in [-0.05, 0) is 31.2 Å². The number of nitrogens with zero attached hydrogens (tertiary/aromatic N) is 1. The summed E-state index contributed by atoms with van der Waals surface area (Å²) < 4.78 is 10.9. The second-order valence-corrected chi connectivity index (χ2v) is 4.13. The van der Waals surface area contributed by atoms with Gasteiger partial charge in [-0.25, -0.2) is 4.79 Å². The van der Waals surface area contributed by atoms with Crippen LogP contribution in [0.4, 0.5) is 0 Å². The monoisotopic (exact) mass is 309 g/mol. The molecular formula is C13H12BrNO3. The van der Waals surface area contributed by atoms with E-state index in [2.05, 4.69) is 15.9 Å². The smallest absolute Gasteiger partial charge is 0.330 e. The lowest BCUT2D eigenvalue weighted by atomic mass is 10.2. The summed E-state index contributed by atoms with van der Waals surface area (Å²) in [4.78, 5) is 11.0. The molecule has 5 heteroatoms. The summed E-state index contributed by atoms with van der Waals surface area (Å²) in [6.07, 6.45) is 2.84. The molecule has 0 N–H and O–H groups in total. The van der Waals surface area contributed by atoms with Gasteiger partial charge in [0, 0.05) is 10.5 Å². The largest absolute Gasteiger partial charge is 0.488 e. The molecule has 1 aromatic rings. The highest BCUT2D eigenvalue weighted by Gasteiger charge is 2.02. The topological polar surface area (TPSA) is 59.3 Å². The summed E-state index contributed by atoms with van der Waals surface area (Å²) in [5, 5.41) is 8.91. The molecule has 18 heavy (non-hydrogen) atoms. The van der Waals surface area contributed by atoms with Crippen molar-refractivity contribution in [3.63, 3.8) is 0 Å². The Bertz CT molecular complexity index is 491. The van der Waals surface area contributed by atoms with Crippen LogP contribution in [0.3, 0.4) is 0 Å². The third-order valence-corrected chi connectivity index (χ3v) is 2.43. The van der Waals surface area contributed by atoms with Crippen molar-refractivity contribution in [3.8, 4) is 11.8 Å². The van der Waals surface area contributed by atoms with Crippen LogP contribution in [0.15, 0.2) is 34.8 Å². The van der Waals surface area contributed by atoms with Crippen LogP contribution in [-0.4, -0.2) is 19.2 Å². The van der Waals surface area contributed by atoms with E-state index in [1.54, 1.807) is 31.2 Å². The van der Waals surface area contributed by atoms with E-state index >= 15 is 0 Å². The Kier molecular flexibility index (Phi) is 5.95. The molecule has 0 amide bonds. The Hall–Kier alpha value is -1.80. The minimum absolute atomic E-state index is 0.203. The third-order valence-electron chi connectivity index (χ3n) is 1.94. The Balaban J connectivity index is 2.54. The van der Waals surface area contributed by atoms with Gasteiger partial charge in [0.15, 0.2) is 0 Å². The molecule has 0 aliphatic heterocycles. The highest BCUT2D eigenvalue weighted by atomic mass is 79.9. The summed E-state index contributed by atoms with van der Waals surface area (Å²) in [5.41, 5.74) is 0.439. The lowest BCUT2D eigenvalue weighted by Crippen LogP contribution is -2.01. The SMILES string of the molecule is CCOC(=O)/C=C/COc1ccc(Br)cc1C#N. The van der Waals surface area contributed by atoms with Crippen molar-refractivity contribution in [2.24, 2.45) is 0 Å². The molecule has 0 atom stereocenters. The first-order valence-corrected chi connectivity index (χ1v) is 6.12. The van der Waals surface area contributed by atoms with Gasteiger partial charge in [-0.3, -0.25) is 0 Å². The second kappa shape index (κ2) is 7.51. The van der Waals surface area contributed by atoms with Gasteiger partial charge in [-0.2, -0.15) is 5.26 Å². The van der Waals surface area contributed by atoms with Crippen LogP contribution >= 0.6 is 15.9 Å². The molecule has 0 radical (unpaired) electrons. The van der Waals surface area contributed by atoms with Gasteiger partial charge in [0.1, 0.15) is 18.4 Å². The van der Waals surface area contributed by atoms with E-state index in [0.717, 1.165) is 4.47 Å². The molecule has 0 heterocycles. The molecule has 0 aromatic heterocycles. The number of ether oxygens (including phenoxy) is 2. The number of hydrogen-bond acceptors (Lipinski definition) is 4. The summed E-state index contributed by atoms with van der Waals surface area (Å²) >= 11 is 3.27. The van der Waals surface area contributed by atoms with Crippen molar-refractivity contribution in [3.05, 3.63) is 40.4 Å². The summed E-state index contributed by atoms with van der Waals surface area (Å²) in [6.45, 7) is 2.29. The molecule has 0 spiro atoms. The van der Waals surface area contributed by atoms with E-state index in [-0.39, 0.29) is 6.61 Å². The average molecular weight is 310 g/mol. The number of rotatable bonds is 5.